The largest absolute Gasteiger partial charge is 0.462 e. The Labute approximate surface area is 120 Å². The SMILES string of the molecule is CCCCCC(C)Nc1cc(C(=O)OCC)c(N)cn1. The van der Waals surface area contributed by atoms with Crippen molar-refractivity contribution in [1.29, 1.82) is 0 Å². The molecule has 1 unspecified atom stereocenters. The third-order valence-corrected chi connectivity index (χ3v) is 3.07. The van der Waals surface area contributed by atoms with Gasteiger partial charge in [-0.05, 0) is 26.3 Å². The minimum absolute atomic E-state index is 0.313. The Hall–Kier alpha value is -1.78. The van der Waals surface area contributed by atoms with Gasteiger partial charge in [-0.2, -0.15) is 0 Å². The predicted octanol–water partition coefficient (Wildman–Crippen LogP) is 3.22. The average molecular weight is 279 g/mol. The van der Waals surface area contributed by atoms with Gasteiger partial charge >= 0.3 is 5.97 Å². The number of anilines is 2. The van der Waals surface area contributed by atoms with Gasteiger partial charge in [0.2, 0.25) is 0 Å². The number of pyridine rings is 1. The summed E-state index contributed by atoms with van der Waals surface area (Å²) in [5, 5.41) is 3.29. The lowest BCUT2D eigenvalue weighted by Gasteiger charge is -2.15. The molecule has 1 aromatic heterocycles. The maximum absolute atomic E-state index is 11.8. The second kappa shape index (κ2) is 8.40. The summed E-state index contributed by atoms with van der Waals surface area (Å²) in [6.45, 7) is 6.39. The van der Waals surface area contributed by atoms with Crippen LogP contribution < -0.4 is 11.1 Å². The van der Waals surface area contributed by atoms with E-state index in [0.29, 0.717) is 29.7 Å². The number of esters is 1. The van der Waals surface area contributed by atoms with Crippen LogP contribution in [0.4, 0.5) is 11.5 Å². The molecule has 1 heterocycles. The Bertz CT molecular complexity index is 435. The third kappa shape index (κ3) is 5.07. The van der Waals surface area contributed by atoms with E-state index in [1.165, 1.54) is 25.5 Å². The number of unbranched alkanes of at least 4 members (excludes halogenated alkanes) is 2. The highest BCUT2D eigenvalue weighted by Gasteiger charge is 2.13. The van der Waals surface area contributed by atoms with Crippen LogP contribution in [0.25, 0.3) is 0 Å². The molecule has 3 N–H and O–H groups in total. The van der Waals surface area contributed by atoms with Crippen LogP contribution in [0.3, 0.4) is 0 Å². The molecule has 0 aliphatic rings. The summed E-state index contributed by atoms with van der Waals surface area (Å²) < 4.78 is 4.97. The molecule has 0 fully saturated rings. The van der Waals surface area contributed by atoms with Crippen molar-refractivity contribution in [2.75, 3.05) is 17.7 Å². The number of hydrogen-bond donors (Lipinski definition) is 2. The van der Waals surface area contributed by atoms with Gasteiger partial charge < -0.3 is 15.8 Å². The molecular weight excluding hydrogens is 254 g/mol. The highest BCUT2D eigenvalue weighted by Crippen LogP contribution is 2.17. The first-order chi connectivity index (χ1) is 9.58. The molecule has 0 saturated carbocycles. The van der Waals surface area contributed by atoms with Gasteiger partial charge in [0.1, 0.15) is 5.82 Å². The van der Waals surface area contributed by atoms with Gasteiger partial charge in [0.25, 0.3) is 0 Å². The van der Waals surface area contributed by atoms with E-state index in [-0.39, 0.29) is 0 Å². The van der Waals surface area contributed by atoms with Gasteiger partial charge in [-0.15, -0.1) is 0 Å². The summed E-state index contributed by atoms with van der Waals surface area (Å²) in [7, 11) is 0. The first-order valence-electron chi connectivity index (χ1n) is 7.27. The zero-order valence-electron chi connectivity index (χ0n) is 12.6. The van der Waals surface area contributed by atoms with E-state index in [1.54, 1.807) is 13.0 Å². The van der Waals surface area contributed by atoms with Gasteiger partial charge in [-0.25, -0.2) is 9.78 Å². The molecule has 0 radical (unpaired) electrons. The van der Waals surface area contributed by atoms with E-state index in [2.05, 4.69) is 24.1 Å². The first kappa shape index (κ1) is 16.3. The van der Waals surface area contributed by atoms with E-state index in [9.17, 15) is 4.79 Å². The summed E-state index contributed by atoms with van der Waals surface area (Å²) in [5.41, 5.74) is 6.46. The standard InChI is InChI=1S/C15H25N3O2/c1-4-6-7-8-11(3)18-14-9-12(13(16)10-17-14)15(19)20-5-2/h9-11H,4-8,16H2,1-3H3,(H,17,18). The molecule has 5 heteroatoms. The maximum Gasteiger partial charge on any atom is 0.340 e. The zero-order chi connectivity index (χ0) is 15.0. The number of aromatic nitrogens is 1. The smallest absolute Gasteiger partial charge is 0.340 e. The summed E-state index contributed by atoms with van der Waals surface area (Å²) in [6.07, 6.45) is 6.20. The fourth-order valence-corrected chi connectivity index (χ4v) is 1.96. The molecule has 0 bridgehead atoms. The molecule has 0 spiro atoms. The third-order valence-electron chi connectivity index (χ3n) is 3.07. The maximum atomic E-state index is 11.8. The Balaban J connectivity index is 2.67. The lowest BCUT2D eigenvalue weighted by Crippen LogP contribution is -2.17. The molecule has 1 atom stereocenters. The zero-order valence-corrected chi connectivity index (χ0v) is 12.6. The van der Waals surface area contributed by atoms with Crippen LogP contribution in [-0.2, 0) is 4.74 Å². The Kier molecular flexibility index (Phi) is 6.84. The van der Waals surface area contributed by atoms with Crippen LogP contribution in [0.5, 0.6) is 0 Å². The lowest BCUT2D eigenvalue weighted by molar-refractivity contribution is 0.0527. The molecule has 1 aromatic rings. The summed E-state index contributed by atoms with van der Waals surface area (Å²) in [5.74, 6) is 0.250. The minimum atomic E-state index is -0.408. The molecular formula is C15H25N3O2. The number of carbonyl (C=O) groups is 1. The fourth-order valence-electron chi connectivity index (χ4n) is 1.96. The predicted molar refractivity (Wildman–Crippen MR) is 81.8 cm³/mol. The molecule has 0 aromatic carbocycles. The quantitative estimate of drug-likeness (QED) is 0.564. The van der Waals surface area contributed by atoms with Gasteiger partial charge in [0.05, 0.1) is 24.1 Å². The summed E-state index contributed by atoms with van der Waals surface area (Å²) in [6, 6.07) is 1.97. The van der Waals surface area contributed by atoms with Crippen molar-refractivity contribution >= 4 is 17.5 Å². The van der Waals surface area contributed by atoms with E-state index >= 15 is 0 Å². The van der Waals surface area contributed by atoms with Crippen molar-refractivity contribution in [3.05, 3.63) is 17.8 Å². The molecule has 112 valence electrons. The number of ether oxygens (including phenoxy) is 1. The van der Waals surface area contributed by atoms with Gasteiger partial charge in [-0.3, -0.25) is 0 Å². The van der Waals surface area contributed by atoms with Gasteiger partial charge in [0, 0.05) is 6.04 Å². The number of nitrogens with one attached hydrogen (secondary N) is 1. The average Bonchev–Trinajstić information content (AvgIpc) is 2.41. The van der Waals surface area contributed by atoms with Gasteiger partial charge in [0.15, 0.2) is 0 Å². The molecule has 0 amide bonds. The second-order valence-corrected chi connectivity index (χ2v) is 4.92. The van der Waals surface area contributed by atoms with E-state index in [4.69, 9.17) is 10.5 Å². The molecule has 0 aliphatic carbocycles. The highest BCUT2D eigenvalue weighted by molar-refractivity contribution is 5.95. The van der Waals surface area contributed by atoms with E-state index in [0.717, 1.165) is 6.42 Å². The van der Waals surface area contributed by atoms with Crippen LogP contribution in [0.1, 0.15) is 56.8 Å². The van der Waals surface area contributed by atoms with Gasteiger partial charge in [-0.1, -0.05) is 26.2 Å². The summed E-state index contributed by atoms with van der Waals surface area (Å²) >= 11 is 0. The molecule has 5 nitrogen and oxygen atoms in total. The Morgan fingerprint density at radius 3 is 2.85 bits per heavy atom. The Morgan fingerprint density at radius 2 is 2.20 bits per heavy atom. The lowest BCUT2D eigenvalue weighted by atomic mass is 10.1. The summed E-state index contributed by atoms with van der Waals surface area (Å²) in [4.78, 5) is 16.0. The van der Waals surface area contributed by atoms with E-state index < -0.39 is 5.97 Å². The topological polar surface area (TPSA) is 77.2 Å². The number of hydrogen-bond acceptors (Lipinski definition) is 5. The monoisotopic (exact) mass is 279 g/mol. The van der Waals surface area contributed by atoms with Crippen molar-refractivity contribution in [3.8, 4) is 0 Å². The molecule has 0 saturated heterocycles. The van der Waals surface area contributed by atoms with Crippen LogP contribution in [0, 0.1) is 0 Å². The fraction of sp³-hybridized carbons (Fsp3) is 0.600. The van der Waals surface area contributed by atoms with E-state index in [1.807, 2.05) is 0 Å². The number of rotatable bonds is 8. The Morgan fingerprint density at radius 1 is 1.45 bits per heavy atom. The highest BCUT2D eigenvalue weighted by atomic mass is 16.5. The van der Waals surface area contributed by atoms with Crippen LogP contribution in [-0.4, -0.2) is 23.6 Å². The minimum Gasteiger partial charge on any atom is -0.462 e. The van der Waals surface area contributed by atoms with Crippen molar-refractivity contribution in [3.63, 3.8) is 0 Å². The number of nitrogens with two attached hydrogens (primary N) is 1. The first-order valence-corrected chi connectivity index (χ1v) is 7.27. The van der Waals surface area contributed by atoms with Crippen LogP contribution >= 0.6 is 0 Å². The molecule has 20 heavy (non-hydrogen) atoms. The number of nitrogens with zero attached hydrogens (tertiary/aromatic N) is 1. The normalized spacial score (nSPS) is 11.9. The molecule has 1 rings (SSSR count). The second-order valence-electron chi connectivity index (χ2n) is 4.92. The van der Waals surface area contributed by atoms with Crippen molar-refractivity contribution in [2.24, 2.45) is 0 Å². The van der Waals surface area contributed by atoms with Crippen LogP contribution in [0.2, 0.25) is 0 Å². The number of carbonyl (C=O) groups excluding carboxylic acids is 1. The van der Waals surface area contributed by atoms with Crippen molar-refractivity contribution in [1.82, 2.24) is 4.98 Å². The number of nitrogen functional groups attached to an aromatic ring is 1. The molecule has 0 aliphatic heterocycles. The van der Waals surface area contributed by atoms with Crippen LogP contribution in [0.15, 0.2) is 12.3 Å². The van der Waals surface area contributed by atoms with Crippen molar-refractivity contribution in [2.45, 2.75) is 52.5 Å². The van der Waals surface area contributed by atoms with Crippen molar-refractivity contribution < 1.29 is 9.53 Å².